The summed E-state index contributed by atoms with van der Waals surface area (Å²) in [6.45, 7) is 5.79. The number of rotatable bonds is 9. The summed E-state index contributed by atoms with van der Waals surface area (Å²) < 4.78 is 5.65. The van der Waals surface area contributed by atoms with Gasteiger partial charge in [-0.15, -0.1) is 0 Å². The van der Waals surface area contributed by atoms with Gasteiger partial charge in [-0.25, -0.2) is 4.79 Å². The van der Waals surface area contributed by atoms with Gasteiger partial charge in [-0.05, 0) is 31.9 Å². The SMILES string of the molecule is CCCC1(CCC)NC(=O)N(CCOc2ccccc2C(C)=O)C1=O. The Hall–Kier alpha value is -2.37. The van der Waals surface area contributed by atoms with Gasteiger partial charge in [-0.3, -0.25) is 14.5 Å². The van der Waals surface area contributed by atoms with E-state index in [1.54, 1.807) is 24.3 Å². The molecule has 0 aromatic heterocycles. The maximum Gasteiger partial charge on any atom is 0.325 e. The lowest BCUT2D eigenvalue weighted by atomic mass is 9.88. The molecule has 1 heterocycles. The largest absolute Gasteiger partial charge is 0.491 e. The van der Waals surface area contributed by atoms with E-state index in [0.29, 0.717) is 24.2 Å². The molecule has 25 heavy (non-hydrogen) atoms. The number of carbonyl (C=O) groups excluding carboxylic acids is 3. The second-order valence-electron chi connectivity index (χ2n) is 6.37. The van der Waals surface area contributed by atoms with Gasteiger partial charge in [0.25, 0.3) is 5.91 Å². The minimum Gasteiger partial charge on any atom is -0.491 e. The highest BCUT2D eigenvalue weighted by Gasteiger charge is 2.49. The predicted molar refractivity (Wildman–Crippen MR) is 94.7 cm³/mol. The standard InChI is InChI=1S/C19H26N2O4/c1-4-10-19(11-5-2)17(23)21(18(24)20-19)12-13-25-16-9-7-6-8-15(16)14(3)22/h6-9H,4-5,10-13H2,1-3H3,(H,20,24). The molecule has 0 atom stereocenters. The third-order valence-electron chi connectivity index (χ3n) is 4.44. The van der Waals surface area contributed by atoms with Crippen LogP contribution in [0, 0.1) is 0 Å². The molecule has 6 nitrogen and oxygen atoms in total. The Labute approximate surface area is 148 Å². The first-order chi connectivity index (χ1) is 11.9. The Morgan fingerprint density at radius 1 is 1.16 bits per heavy atom. The summed E-state index contributed by atoms with van der Waals surface area (Å²) in [5.41, 5.74) is -0.288. The van der Waals surface area contributed by atoms with Crippen molar-refractivity contribution < 1.29 is 19.1 Å². The first kappa shape index (κ1) is 19.0. The molecule has 2 rings (SSSR count). The molecule has 0 radical (unpaired) electrons. The number of ether oxygens (including phenoxy) is 1. The fourth-order valence-corrected chi connectivity index (χ4v) is 3.33. The summed E-state index contributed by atoms with van der Waals surface area (Å²) in [6, 6.07) is 6.59. The van der Waals surface area contributed by atoms with E-state index >= 15 is 0 Å². The molecule has 0 aliphatic carbocycles. The summed E-state index contributed by atoms with van der Waals surface area (Å²) in [6.07, 6.45) is 2.91. The summed E-state index contributed by atoms with van der Waals surface area (Å²) in [5.74, 6) is 0.204. The average Bonchev–Trinajstić information content (AvgIpc) is 2.80. The number of nitrogens with one attached hydrogen (secondary N) is 1. The van der Waals surface area contributed by atoms with Crippen LogP contribution in [0.25, 0.3) is 0 Å². The molecule has 1 aromatic rings. The van der Waals surface area contributed by atoms with Crippen LogP contribution in [0.3, 0.4) is 0 Å². The molecule has 1 saturated heterocycles. The average molecular weight is 346 g/mol. The second kappa shape index (κ2) is 8.14. The van der Waals surface area contributed by atoms with Gasteiger partial charge in [0.2, 0.25) is 0 Å². The number of benzene rings is 1. The summed E-state index contributed by atoms with van der Waals surface area (Å²) >= 11 is 0. The number of ketones is 1. The Balaban J connectivity index is 2.03. The number of hydrogen-bond donors (Lipinski definition) is 1. The number of amides is 3. The fraction of sp³-hybridized carbons (Fsp3) is 0.526. The van der Waals surface area contributed by atoms with Gasteiger partial charge in [0.1, 0.15) is 17.9 Å². The maximum atomic E-state index is 12.8. The van der Waals surface area contributed by atoms with Crippen molar-refractivity contribution in [3.05, 3.63) is 29.8 Å². The number of nitrogens with zero attached hydrogens (tertiary/aromatic N) is 1. The molecular weight excluding hydrogens is 320 g/mol. The Kier molecular flexibility index (Phi) is 6.17. The first-order valence-electron chi connectivity index (χ1n) is 8.82. The van der Waals surface area contributed by atoms with E-state index in [1.807, 2.05) is 13.8 Å². The highest BCUT2D eigenvalue weighted by molar-refractivity contribution is 6.07. The minimum absolute atomic E-state index is 0.0875. The molecule has 0 saturated carbocycles. The zero-order valence-electron chi connectivity index (χ0n) is 15.1. The highest BCUT2D eigenvalue weighted by Crippen LogP contribution is 2.28. The van der Waals surface area contributed by atoms with Crippen molar-refractivity contribution in [2.75, 3.05) is 13.2 Å². The summed E-state index contributed by atoms with van der Waals surface area (Å²) in [5, 5.41) is 2.88. The molecule has 136 valence electrons. The van der Waals surface area contributed by atoms with E-state index in [0.717, 1.165) is 12.8 Å². The van der Waals surface area contributed by atoms with Crippen molar-refractivity contribution in [2.45, 2.75) is 52.0 Å². The number of imide groups is 1. The Bertz CT molecular complexity index is 651. The molecule has 1 fully saturated rings. The van der Waals surface area contributed by atoms with Gasteiger partial charge in [0.15, 0.2) is 5.78 Å². The third kappa shape index (κ3) is 4.00. The van der Waals surface area contributed by atoms with E-state index in [-0.39, 0.29) is 30.9 Å². The predicted octanol–water partition coefficient (Wildman–Crippen LogP) is 3.16. The molecular formula is C19H26N2O4. The third-order valence-corrected chi connectivity index (χ3v) is 4.44. The number of para-hydroxylation sites is 1. The van der Waals surface area contributed by atoms with Crippen molar-refractivity contribution in [1.82, 2.24) is 10.2 Å². The van der Waals surface area contributed by atoms with Gasteiger partial charge in [-0.2, -0.15) is 0 Å². The van der Waals surface area contributed by atoms with Crippen molar-refractivity contribution >= 4 is 17.7 Å². The van der Waals surface area contributed by atoms with Crippen LogP contribution >= 0.6 is 0 Å². The highest BCUT2D eigenvalue weighted by atomic mass is 16.5. The molecule has 3 amide bonds. The number of urea groups is 1. The van der Waals surface area contributed by atoms with Crippen LogP contribution in [-0.4, -0.2) is 41.3 Å². The molecule has 1 aliphatic heterocycles. The zero-order chi connectivity index (χ0) is 18.4. The van der Waals surface area contributed by atoms with Gasteiger partial charge in [0.05, 0.1) is 12.1 Å². The lowest BCUT2D eigenvalue weighted by Crippen LogP contribution is -2.47. The topological polar surface area (TPSA) is 75.7 Å². The lowest BCUT2D eigenvalue weighted by molar-refractivity contribution is -0.132. The quantitative estimate of drug-likeness (QED) is 0.550. The monoisotopic (exact) mass is 346 g/mol. The van der Waals surface area contributed by atoms with Crippen LogP contribution in [0.4, 0.5) is 4.79 Å². The van der Waals surface area contributed by atoms with Gasteiger partial charge in [0, 0.05) is 0 Å². The Morgan fingerprint density at radius 3 is 2.40 bits per heavy atom. The van der Waals surface area contributed by atoms with E-state index in [2.05, 4.69) is 5.32 Å². The van der Waals surface area contributed by atoms with Crippen LogP contribution in [0.5, 0.6) is 5.75 Å². The summed E-state index contributed by atoms with van der Waals surface area (Å²) in [4.78, 5) is 37.9. The molecule has 6 heteroatoms. The molecule has 0 bridgehead atoms. The van der Waals surface area contributed by atoms with Crippen LogP contribution in [-0.2, 0) is 4.79 Å². The van der Waals surface area contributed by atoms with Crippen LogP contribution in [0.1, 0.15) is 56.8 Å². The van der Waals surface area contributed by atoms with Gasteiger partial charge in [-0.1, -0.05) is 38.8 Å². The number of Topliss-reactive ketones (excluding diaryl/α,β-unsaturated/α-hetero) is 1. The molecule has 0 unspecified atom stereocenters. The smallest absolute Gasteiger partial charge is 0.325 e. The maximum absolute atomic E-state index is 12.8. The zero-order valence-corrected chi connectivity index (χ0v) is 15.1. The van der Waals surface area contributed by atoms with E-state index in [9.17, 15) is 14.4 Å². The lowest BCUT2D eigenvalue weighted by Gasteiger charge is -2.25. The van der Waals surface area contributed by atoms with Gasteiger partial charge >= 0.3 is 6.03 Å². The van der Waals surface area contributed by atoms with Gasteiger partial charge < -0.3 is 10.1 Å². The molecule has 1 aromatic carbocycles. The van der Waals surface area contributed by atoms with E-state index in [1.165, 1.54) is 11.8 Å². The minimum atomic E-state index is -0.780. The Morgan fingerprint density at radius 2 is 1.80 bits per heavy atom. The normalized spacial score (nSPS) is 16.0. The summed E-state index contributed by atoms with van der Waals surface area (Å²) in [7, 11) is 0. The van der Waals surface area contributed by atoms with Crippen LogP contribution < -0.4 is 10.1 Å². The molecule has 1 N–H and O–H groups in total. The van der Waals surface area contributed by atoms with Crippen molar-refractivity contribution in [3.8, 4) is 5.75 Å². The fourth-order valence-electron chi connectivity index (χ4n) is 3.33. The van der Waals surface area contributed by atoms with Crippen LogP contribution in [0.15, 0.2) is 24.3 Å². The molecule has 0 spiro atoms. The number of carbonyl (C=O) groups is 3. The van der Waals surface area contributed by atoms with Crippen LogP contribution in [0.2, 0.25) is 0 Å². The van der Waals surface area contributed by atoms with Crippen molar-refractivity contribution in [1.29, 1.82) is 0 Å². The van der Waals surface area contributed by atoms with Crippen molar-refractivity contribution in [3.63, 3.8) is 0 Å². The number of hydrogen-bond acceptors (Lipinski definition) is 4. The van der Waals surface area contributed by atoms with E-state index in [4.69, 9.17) is 4.74 Å². The second-order valence-corrected chi connectivity index (χ2v) is 6.37. The van der Waals surface area contributed by atoms with E-state index < -0.39 is 5.54 Å². The molecule has 1 aliphatic rings. The first-order valence-corrected chi connectivity index (χ1v) is 8.82. The van der Waals surface area contributed by atoms with Crippen molar-refractivity contribution in [2.24, 2.45) is 0 Å².